The van der Waals surface area contributed by atoms with E-state index in [1.54, 1.807) is 17.0 Å². The molecule has 0 atom stereocenters. The first kappa shape index (κ1) is 20.7. The van der Waals surface area contributed by atoms with Crippen molar-refractivity contribution >= 4 is 44.5 Å². The normalized spacial score (nSPS) is 12.5. The molecule has 0 amide bonds. The van der Waals surface area contributed by atoms with Crippen LogP contribution in [0.15, 0.2) is 16.9 Å². The fourth-order valence-corrected chi connectivity index (χ4v) is 22.7. The molecular weight excluding hydrogens is 437 g/mol. The second-order valence-corrected chi connectivity index (χ2v) is 20.8. The minimum atomic E-state index is -2.42. The van der Waals surface area contributed by atoms with Crippen LogP contribution in [0.25, 0.3) is 4.83 Å². The Labute approximate surface area is 160 Å². The zero-order valence-corrected chi connectivity index (χ0v) is 19.9. The quantitative estimate of drug-likeness (QED) is 0.236. The molecule has 0 bridgehead atoms. The van der Waals surface area contributed by atoms with E-state index in [0.717, 1.165) is 5.69 Å². The van der Waals surface area contributed by atoms with Crippen molar-refractivity contribution in [2.45, 2.75) is 72.6 Å². The van der Waals surface area contributed by atoms with Gasteiger partial charge in [-0.3, -0.25) is 0 Å². The van der Waals surface area contributed by atoms with Crippen molar-refractivity contribution in [2.24, 2.45) is 5.16 Å². The molecule has 0 aliphatic heterocycles. The molecule has 2 aromatic rings. The van der Waals surface area contributed by atoms with Crippen LogP contribution in [0, 0.1) is 0 Å². The van der Waals surface area contributed by atoms with Crippen molar-refractivity contribution in [3.05, 3.63) is 17.4 Å². The van der Waals surface area contributed by atoms with Crippen LogP contribution in [-0.4, -0.2) is 41.1 Å². The van der Waals surface area contributed by atoms with Crippen LogP contribution in [0.5, 0.6) is 0 Å². The zero-order chi connectivity index (χ0) is 18.1. The van der Waals surface area contributed by atoms with Gasteiger partial charge < -0.3 is 0 Å². The summed E-state index contributed by atoms with van der Waals surface area (Å²) >= 11 is -0.588. The Kier molecular flexibility index (Phi) is 8.76. The Hall–Kier alpha value is -0.561. The number of aromatic nitrogens is 2. The number of unbranched alkanes of at least 4 members (excludes halogenated alkanes) is 3. The maximum atomic E-state index is 4.84. The van der Waals surface area contributed by atoms with Gasteiger partial charge in [0.25, 0.3) is 0 Å². The molecule has 0 radical (unpaired) electrons. The Morgan fingerprint density at radius 2 is 1.72 bits per heavy atom. The maximum absolute atomic E-state index is 4.84. The molecule has 140 valence electrons. The Balaban J connectivity index is 2.45. The van der Waals surface area contributed by atoms with Gasteiger partial charge >= 0.3 is 161 Å². The summed E-state index contributed by atoms with van der Waals surface area (Å²) in [6.45, 7) is 6.99. The molecular formula is C19H33N3OSSn. The van der Waals surface area contributed by atoms with E-state index < -0.39 is 18.4 Å². The monoisotopic (exact) mass is 471 g/mol. The fraction of sp³-hybridized carbons (Fsp3) is 0.684. The molecule has 0 N–H and O–H groups in total. The third-order valence-electron chi connectivity index (χ3n) is 5.14. The van der Waals surface area contributed by atoms with E-state index in [-0.39, 0.29) is 0 Å². The van der Waals surface area contributed by atoms with Crippen LogP contribution in [0.1, 0.15) is 65.0 Å². The number of hydrogen-bond donors (Lipinski definition) is 0. The summed E-state index contributed by atoms with van der Waals surface area (Å²) in [6.07, 6.45) is 11.8. The van der Waals surface area contributed by atoms with Crippen LogP contribution in [-0.2, 0) is 4.84 Å². The Bertz CT molecular complexity index is 643. The van der Waals surface area contributed by atoms with Gasteiger partial charge in [-0.25, -0.2) is 0 Å². The molecule has 2 rings (SSSR count). The van der Waals surface area contributed by atoms with Crippen molar-refractivity contribution in [2.75, 3.05) is 7.11 Å². The molecule has 0 aliphatic carbocycles. The topological polar surface area (TPSA) is 38.9 Å². The van der Waals surface area contributed by atoms with Crippen LogP contribution >= 0.6 is 11.3 Å². The van der Waals surface area contributed by atoms with Gasteiger partial charge in [0, 0.05) is 0 Å². The Morgan fingerprint density at radius 3 is 2.24 bits per heavy atom. The molecule has 2 aromatic heterocycles. The van der Waals surface area contributed by atoms with Gasteiger partial charge in [0.2, 0.25) is 0 Å². The zero-order valence-electron chi connectivity index (χ0n) is 16.3. The van der Waals surface area contributed by atoms with Gasteiger partial charge in [-0.15, -0.1) is 0 Å². The van der Waals surface area contributed by atoms with Crippen molar-refractivity contribution in [3.8, 4) is 0 Å². The second-order valence-electron chi connectivity index (χ2n) is 6.93. The number of oxime groups is 1. The third kappa shape index (κ3) is 5.00. The summed E-state index contributed by atoms with van der Waals surface area (Å²) < 4.78 is 8.51. The molecule has 0 saturated carbocycles. The van der Waals surface area contributed by atoms with Crippen LogP contribution in [0.2, 0.25) is 13.3 Å². The van der Waals surface area contributed by atoms with Gasteiger partial charge in [0.15, 0.2) is 0 Å². The van der Waals surface area contributed by atoms with Crippen LogP contribution in [0.3, 0.4) is 0 Å². The fourth-order valence-electron chi connectivity index (χ4n) is 3.68. The predicted octanol–water partition coefficient (Wildman–Crippen LogP) is 5.43. The minimum absolute atomic E-state index is 0.930. The van der Waals surface area contributed by atoms with Crippen molar-refractivity contribution in [3.63, 3.8) is 0 Å². The average Bonchev–Trinajstić information content (AvgIpc) is 3.22. The summed E-state index contributed by atoms with van der Waals surface area (Å²) in [7, 11) is 1.57. The molecule has 4 nitrogen and oxygen atoms in total. The van der Waals surface area contributed by atoms with Gasteiger partial charge in [-0.1, -0.05) is 0 Å². The van der Waals surface area contributed by atoms with Gasteiger partial charge in [-0.2, -0.15) is 0 Å². The van der Waals surface area contributed by atoms with E-state index >= 15 is 0 Å². The van der Waals surface area contributed by atoms with E-state index in [1.165, 1.54) is 56.7 Å². The molecule has 25 heavy (non-hydrogen) atoms. The van der Waals surface area contributed by atoms with E-state index in [4.69, 9.17) is 4.84 Å². The van der Waals surface area contributed by atoms with E-state index in [9.17, 15) is 0 Å². The predicted molar refractivity (Wildman–Crippen MR) is 112 cm³/mol. The van der Waals surface area contributed by atoms with Crippen LogP contribution < -0.4 is 3.71 Å². The first-order valence-corrected chi connectivity index (χ1v) is 18.1. The number of nitrogens with zero attached hydrogens (tertiary/aromatic N) is 3. The molecule has 6 heteroatoms. The number of rotatable bonds is 12. The summed E-state index contributed by atoms with van der Waals surface area (Å²) in [5.41, 5.74) is 0.930. The molecule has 0 spiro atoms. The van der Waals surface area contributed by atoms with Gasteiger partial charge in [0.1, 0.15) is 0 Å². The molecule has 0 unspecified atom stereocenters. The van der Waals surface area contributed by atoms with Crippen molar-refractivity contribution in [1.29, 1.82) is 0 Å². The van der Waals surface area contributed by atoms with E-state index in [2.05, 4.69) is 40.7 Å². The number of thiazole rings is 1. The average molecular weight is 470 g/mol. The molecule has 2 heterocycles. The second kappa shape index (κ2) is 10.6. The first-order valence-electron chi connectivity index (χ1n) is 9.74. The summed E-state index contributed by atoms with van der Waals surface area (Å²) in [5.74, 6) is 0. The van der Waals surface area contributed by atoms with Gasteiger partial charge in [0.05, 0.1) is 0 Å². The van der Waals surface area contributed by atoms with Crippen molar-refractivity contribution < 1.29 is 4.84 Å². The summed E-state index contributed by atoms with van der Waals surface area (Å²) in [4.78, 5) is 10.6. The summed E-state index contributed by atoms with van der Waals surface area (Å²) in [6, 6.07) is 0. The molecule has 0 saturated heterocycles. The first-order chi connectivity index (χ1) is 12.2. The number of fused-ring (bicyclic) bond motifs is 1. The third-order valence-corrected chi connectivity index (χ3v) is 22.1. The van der Waals surface area contributed by atoms with Gasteiger partial charge in [-0.05, 0) is 0 Å². The van der Waals surface area contributed by atoms with Crippen molar-refractivity contribution in [1.82, 2.24) is 9.38 Å². The standard InChI is InChI=1S/C7H6N3OS.3C4H9.Sn/c1-11-9-4-6-7-10(5-8-6)2-3-12-7;3*1-3-4-2;/h3-5H,1H3;3*1,3-4H2,2H3;/b9-4+;;;;. The van der Waals surface area contributed by atoms with E-state index in [1.807, 2.05) is 17.7 Å². The molecule has 0 aliphatic rings. The Morgan fingerprint density at radius 1 is 1.12 bits per heavy atom. The summed E-state index contributed by atoms with van der Waals surface area (Å²) in [5, 5.41) is 6.36. The molecule has 0 fully saturated rings. The SMILES string of the molecule is CCC[CH2][Sn]([CH2]CCC)([CH2]CCC)[c]1csc2c(/C=N/OC)ncn12. The molecule has 0 aromatic carbocycles. The number of imidazole rings is 1. The number of hydrogen-bond acceptors (Lipinski definition) is 4. The van der Waals surface area contributed by atoms with E-state index in [0.29, 0.717) is 0 Å². The van der Waals surface area contributed by atoms with Crippen LogP contribution in [0.4, 0.5) is 0 Å².